The van der Waals surface area contributed by atoms with Gasteiger partial charge in [-0.25, -0.2) is 9.97 Å². The molecule has 0 amide bonds. The van der Waals surface area contributed by atoms with Crippen LogP contribution in [0.5, 0.6) is 0 Å². The molecule has 12 rings (SSSR count). The fraction of sp³-hybridized carbons (Fsp3) is 0. The Bertz CT molecular complexity index is 3500. The first kappa shape index (κ1) is 29.3. The van der Waals surface area contributed by atoms with E-state index in [1.807, 2.05) is 12.1 Å². The van der Waals surface area contributed by atoms with Crippen molar-refractivity contribution in [1.29, 1.82) is 0 Å². The van der Waals surface area contributed by atoms with E-state index in [9.17, 15) is 0 Å². The van der Waals surface area contributed by atoms with Crippen molar-refractivity contribution in [3.63, 3.8) is 0 Å². The molecule has 3 aromatic heterocycles. The molecule has 0 spiro atoms. The SMILES string of the molecule is c1ccc(-n2c3cc4ccccc4cc3c3cc4c5ccccc5n(-c5nc6ccccc6nc5-c5cc6ccccc6c6ccccc56)c4cc32)cc1. The Labute approximate surface area is 309 Å². The van der Waals surface area contributed by atoms with E-state index < -0.39 is 0 Å². The van der Waals surface area contributed by atoms with Crippen molar-refractivity contribution in [2.75, 3.05) is 0 Å². The summed E-state index contributed by atoms with van der Waals surface area (Å²) in [6, 6.07) is 65.4. The summed E-state index contributed by atoms with van der Waals surface area (Å²) in [5.74, 6) is 0.813. The highest BCUT2D eigenvalue weighted by atomic mass is 15.1. The minimum absolute atomic E-state index is 0.813. The fourth-order valence-corrected chi connectivity index (χ4v) is 8.82. The normalized spacial score (nSPS) is 12.1. The molecule has 0 radical (unpaired) electrons. The molecule has 0 bridgehead atoms. The summed E-state index contributed by atoms with van der Waals surface area (Å²) in [4.78, 5) is 11.0. The Kier molecular flexibility index (Phi) is 6.02. The molecule has 12 aromatic rings. The average Bonchev–Trinajstić information content (AvgIpc) is 3.72. The third-order valence-corrected chi connectivity index (χ3v) is 11.2. The quantitative estimate of drug-likeness (QED) is 0.173. The molecule has 0 atom stereocenters. The van der Waals surface area contributed by atoms with Crippen molar-refractivity contribution < 1.29 is 0 Å². The Morgan fingerprint density at radius 3 is 1.69 bits per heavy atom. The Hall–Kier alpha value is -7.30. The van der Waals surface area contributed by atoms with Crippen molar-refractivity contribution in [1.82, 2.24) is 19.1 Å². The van der Waals surface area contributed by atoms with Crippen LogP contribution in [-0.2, 0) is 0 Å². The summed E-state index contributed by atoms with van der Waals surface area (Å²) in [5, 5.41) is 12.0. The molecular formula is C50H30N4. The average molecular weight is 687 g/mol. The first-order chi connectivity index (χ1) is 26.8. The number of fused-ring (bicyclic) bond motifs is 11. The van der Waals surface area contributed by atoms with Gasteiger partial charge < -0.3 is 4.57 Å². The first-order valence-electron chi connectivity index (χ1n) is 18.4. The maximum absolute atomic E-state index is 5.52. The van der Waals surface area contributed by atoms with Crippen LogP contribution >= 0.6 is 0 Å². The van der Waals surface area contributed by atoms with Crippen LogP contribution in [0, 0.1) is 0 Å². The topological polar surface area (TPSA) is 35.6 Å². The van der Waals surface area contributed by atoms with E-state index in [-0.39, 0.29) is 0 Å². The van der Waals surface area contributed by atoms with Gasteiger partial charge in [0.1, 0.15) is 5.69 Å². The number of hydrogen-bond acceptors (Lipinski definition) is 2. The monoisotopic (exact) mass is 686 g/mol. The Morgan fingerprint density at radius 1 is 0.315 bits per heavy atom. The van der Waals surface area contributed by atoms with Crippen LogP contribution < -0.4 is 0 Å². The van der Waals surface area contributed by atoms with Crippen LogP contribution in [0.4, 0.5) is 0 Å². The highest BCUT2D eigenvalue weighted by Crippen LogP contribution is 2.43. The van der Waals surface area contributed by atoms with E-state index in [2.05, 4.69) is 179 Å². The maximum Gasteiger partial charge on any atom is 0.165 e. The number of benzene rings is 9. The van der Waals surface area contributed by atoms with Crippen molar-refractivity contribution in [3.05, 3.63) is 182 Å². The lowest BCUT2D eigenvalue weighted by Gasteiger charge is -2.16. The molecule has 0 unspecified atom stereocenters. The van der Waals surface area contributed by atoms with E-state index in [0.29, 0.717) is 0 Å². The zero-order chi connectivity index (χ0) is 35.3. The molecule has 0 aliphatic rings. The number of aromatic nitrogens is 4. The predicted octanol–water partition coefficient (Wildman–Crippen LogP) is 13.0. The van der Waals surface area contributed by atoms with Gasteiger partial charge in [-0.1, -0.05) is 121 Å². The summed E-state index contributed by atoms with van der Waals surface area (Å²) in [6.45, 7) is 0. The molecule has 0 aliphatic heterocycles. The van der Waals surface area contributed by atoms with Crippen molar-refractivity contribution in [3.8, 4) is 22.8 Å². The smallest absolute Gasteiger partial charge is 0.165 e. The molecule has 0 saturated carbocycles. The van der Waals surface area contributed by atoms with Gasteiger partial charge in [0, 0.05) is 32.8 Å². The number of rotatable bonds is 3. The van der Waals surface area contributed by atoms with Gasteiger partial charge in [-0.05, 0) is 93.0 Å². The van der Waals surface area contributed by atoms with E-state index in [1.165, 1.54) is 54.0 Å². The van der Waals surface area contributed by atoms with Gasteiger partial charge in [0.15, 0.2) is 5.82 Å². The van der Waals surface area contributed by atoms with Gasteiger partial charge in [-0.15, -0.1) is 0 Å². The molecule has 0 saturated heterocycles. The summed E-state index contributed by atoms with van der Waals surface area (Å²) >= 11 is 0. The second kappa shape index (κ2) is 11.1. The number of para-hydroxylation sites is 4. The van der Waals surface area contributed by atoms with Gasteiger partial charge in [0.25, 0.3) is 0 Å². The molecule has 4 nitrogen and oxygen atoms in total. The Morgan fingerprint density at radius 2 is 0.870 bits per heavy atom. The molecule has 0 aliphatic carbocycles. The second-order valence-electron chi connectivity index (χ2n) is 14.2. The predicted molar refractivity (Wildman–Crippen MR) is 226 cm³/mol. The lowest BCUT2D eigenvalue weighted by Crippen LogP contribution is -2.04. The van der Waals surface area contributed by atoms with E-state index in [0.717, 1.165) is 55.7 Å². The molecular weight excluding hydrogens is 657 g/mol. The number of hydrogen-bond donors (Lipinski definition) is 0. The molecule has 3 heterocycles. The maximum atomic E-state index is 5.52. The van der Waals surface area contributed by atoms with Crippen molar-refractivity contribution >= 4 is 87.0 Å². The van der Waals surface area contributed by atoms with Gasteiger partial charge in [-0.3, -0.25) is 4.57 Å². The summed E-state index contributed by atoms with van der Waals surface area (Å²) < 4.78 is 4.77. The molecule has 0 N–H and O–H groups in total. The molecule has 9 aromatic carbocycles. The van der Waals surface area contributed by atoms with Crippen LogP contribution in [0.25, 0.3) is 110 Å². The minimum Gasteiger partial charge on any atom is -0.309 e. The van der Waals surface area contributed by atoms with Crippen LogP contribution in [0.1, 0.15) is 0 Å². The van der Waals surface area contributed by atoms with E-state index >= 15 is 0 Å². The summed E-state index contributed by atoms with van der Waals surface area (Å²) in [5.41, 5.74) is 9.29. The standard InChI is InChI=1S/C50H30N4/c1-2-17-34(18-3-1)53-46-28-32-15-5-4-14-31(32)26-39(46)41-29-40-38-22-10-13-25-45(38)54(48(40)30-47(41)53)50-49(51-43-23-11-12-24-44(43)52-50)42-27-33-16-6-7-19-35(33)36-20-8-9-21-37(36)42/h1-30H. The fourth-order valence-electron chi connectivity index (χ4n) is 8.82. The summed E-state index contributed by atoms with van der Waals surface area (Å²) in [7, 11) is 0. The second-order valence-corrected chi connectivity index (χ2v) is 14.2. The molecule has 4 heteroatoms. The van der Waals surface area contributed by atoms with Gasteiger partial charge in [0.05, 0.1) is 33.1 Å². The van der Waals surface area contributed by atoms with Crippen LogP contribution in [0.2, 0.25) is 0 Å². The van der Waals surface area contributed by atoms with E-state index in [4.69, 9.17) is 9.97 Å². The minimum atomic E-state index is 0.813. The Balaban J connectivity index is 1.26. The third-order valence-electron chi connectivity index (χ3n) is 11.2. The largest absolute Gasteiger partial charge is 0.309 e. The zero-order valence-electron chi connectivity index (χ0n) is 29.1. The van der Waals surface area contributed by atoms with Gasteiger partial charge in [0.2, 0.25) is 0 Å². The van der Waals surface area contributed by atoms with Crippen LogP contribution in [0.15, 0.2) is 182 Å². The van der Waals surface area contributed by atoms with E-state index in [1.54, 1.807) is 0 Å². The highest BCUT2D eigenvalue weighted by molar-refractivity contribution is 6.21. The lowest BCUT2D eigenvalue weighted by molar-refractivity contribution is 1.08. The lowest BCUT2D eigenvalue weighted by atomic mass is 9.95. The van der Waals surface area contributed by atoms with Crippen molar-refractivity contribution in [2.45, 2.75) is 0 Å². The van der Waals surface area contributed by atoms with Crippen LogP contribution in [0.3, 0.4) is 0 Å². The first-order valence-corrected chi connectivity index (χ1v) is 18.4. The molecule has 250 valence electrons. The third kappa shape index (κ3) is 4.13. The highest BCUT2D eigenvalue weighted by Gasteiger charge is 2.23. The molecule has 54 heavy (non-hydrogen) atoms. The zero-order valence-corrected chi connectivity index (χ0v) is 29.1. The summed E-state index contributed by atoms with van der Waals surface area (Å²) in [6.07, 6.45) is 0. The van der Waals surface area contributed by atoms with Crippen molar-refractivity contribution in [2.24, 2.45) is 0 Å². The van der Waals surface area contributed by atoms with Gasteiger partial charge >= 0.3 is 0 Å². The van der Waals surface area contributed by atoms with Gasteiger partial charge in [-0.2, -0.15) is 0 Å². The van der Waals surface area contributed by atoms with Crippen LogP contribution in [-0.4, -0.2) is 19.1 Å². The number of nitrogens with zero attached hydrogens (tertiary/aromatic N) is 4. The molecule has 0 fully saturated rings.